The summed E-state index contributed by atoms with van der Waals surface area (Å²) in [5.41, 5.74) is 3.46. The van der Waals surface area contributed by atoms with Gasteiger partial charge >= 0.3 is 0 Å². The fourth-order valence-electron chi connectivity index (χ4n) is 2.69. The van der Waals surface area contributed by atoms with E-state index in [9.17, 15) is 0 Å². The van der Waals surface area contributed by atoms with Gasteiger partial charge in [0.05, 0.1) is 11.4 Å². The van der Waals surface area contributed by atoms with Gasteiger partial charge < -0.3 is 20.1 Å². The van der Waals surface area contributed by atoms with E-state index in [1.54, 1.807) is 7.05 Å². The third kappa shape index (κ3) is 3.70. The molecule has 0 amide bonds. The molecule has 0 atom stereocenters. The minimum absolute atomic E-state index is 0.261. The maximum absolute atomic E-state index is 5.46. The van der Waals surface area contributed by atoms with Crippen LogP contribution in [0.15, 0.2) is 46.8 Å². The average molecular weight is 381 g/mol. The lowest BCUT2D eigenvalue weighted by molar-refractivity contribution is 0.174. The number of pyridine rings is 1. The number of hydrogen-bond acceptors (Lipinski definition) is 6. The van der Waals surface area contributed by atoms with Gasteiger partial charge in [-0.1, -0.05) is 6.07 Å². The van der Waals surface area contributed by atoms with Gasteiger partial charge in [0.15, 0.2) is 22.6 Å². The Morgan fingerprint density at radius 3 is 2.81 bits per heavy atom. The van der Waals surface area contributed by atoms with Crippen LogP contribution in [0.3, 0.4) is 0 Å². The standard InChI is InChI=1S/C19H19N5O2S/c1-3-21-18(20-2)24-19-23-15(10-27-19)14-6-4-5-13(22-14)12-7-8-16-17(9-12)26-11-25-16/h4-10H,3,11H2,1-2H3,(H2,20,21,23,24). The lowest BCUT2D eigenvalue weighted by Gasteiger charge is -2.07. The largest absolute Gasteiger partial charge is 0.454 e. The second-order valence-electron chi connectivity index (χ2n) is 5.74. The maximum Gasteiger partial charge on any atom is 0.231 e. The van der Waals surface area contributed by atoms with Crippen LogP contribution in [0.2, 0.25) is 0 Å². The van der Waals surface area contributed by atoms with Crippen molar-refractivity contribution >= 4 is 22.4 Å². The van der Waals surface area contributed by atoms with Gasteiger partial charge in [-0.3, -0.25) is 4.99 Å². The molecule has 0 bridgehead atoms. The number of fused-ring (bicyclic) bond motifs is 1. The molecule has 1 aromatic carbocycles. The first kappa shape index (κ1) is 17.3. The third-order valence-electron chi connectivity index (χ3n) is 3.98. The van der Waals surface area contributed by atoms with Crippen LogP contribution in [0.4, 0.5) is 5.13 Å². The van der Waals surface area contributed by atoms with E-state index in [-0.39, 0.29) is 6.79 Å². The Morgan fingerprint density at radius 1 is 1.11 bits per heavy atom. The van der Waals surface area contributed by atoms with Crippen LogP contribution in [0.5, 0.6) is 11.5 Å². The van der Waals surface area contributed by atoms with Crippen LogP contribution < -0.4 is 20.1 Å². The summed E-state index contributed by atoms with van der Waals surface area (Å²) < 4.78 is 10.8. The second-order valence-corrected chi connectivity index (χ2v) is 6.60. The smallest absolute Gasteiger partial charge is 0.231 e. The van der Waals surface area contributed by atoms with E-state index in [0.717, 1.165) is 45.8 Å². The number of nitrogens with one attached hydrogen (secondary N) is 2. The van der Waals surface area contributed by atoms with Gasteiger partial charge in [0.2, 0.25) is 6.79 Å². The summed E-state index contributed by atoms with van der Waals surface area (Å²) in [6, 6.07) is 11.7. The average Bonchev–Trinajstić information content (AvgIpc) is 3.36. The van der Waals surface area contributed by atoms with E-state index < -0.39 is 0 Å². The fourth-order valence-corrected chi connectivity index (χ4v) is 3.39. The van der Waals surface area contributed by atoms with E-state index in [0.29, 0.717) is 5.96 Å². The van der Waals surface area contributed by atoms with Gasteiger partial charge in [0.1, 0.15) is 5.69 Å². The molecule has 1 aliphatic heterocycles. The minimum atomic E-state index is 0.261. The molecule has 2 aromatic heterocycles. The van der Waals surface area contributed by atoms with E-state index in [4.69, 9.17) is 14.5 Å². The van der Waals surface area contributed by atoms with E-state index in [1.807, 2.05) is 48.7 Å². The van der Waals surface area contributed by atoms with Crippen LogP contribution in [0.1, 0.15) is 6.92 Å². The van der Waals surface area contributed by atoms with Gasteiger partial charge in [-0.25, -0.2) is 9.97 Å². The Bertz CT molecular complexity index is 986. The van der Waals surface area contributed by atoms with Crippen molar-refractivity contribution in [2.45, 2.75) is 6.92 Å². The predicted octanol–water partition coefficient (Wildman–Crippen LogP) is 3.61. The Kier molecular flexibility index (Phi) is 4.88. The Hall–Kier alpha value is -3.13. The zero-order chi connectivity index (χ0) is 18.6. The molecule has 0 saturated carbocycles. The summed E-state index contributed by atoms with van der Waals surface area (Å²) in [4.78, 5) is 13.5. The molecule has 1 aliphatic rings. The number of benzene rings is 1. The van der Waals surface area contributed by atoms with E-state index in [2.05, 4.69) is 20.6 Å². The van der Waals surface area contributed by atoms with Crippen LogP contribution in [-0.4, -0.2) is 36.3 Å². The molecule has 138 valence electrons. The van der Waals surface area contributed by atoms with Gasteiger partial charge in [-0.2, -0.15) is 0 Å². The van der Waals surface area contributed by atoms with Gasteiger partial charge in [0.25, 0.3) is 0 Å². The maximum atomic E-state index is 5.46. The molecule has 3 aromatic rings. The van der Waals surface area contributed by atoms with Crippen molar-refractivity contribution in [3.8, 4) is 34.1 Å². The lowest BCUT2D eigenvalue weighted by atomic mass is 10.1. The number of anilines is 1. The number of nitrogens with zero attached hydrogens (tertiary/aromatic N) is 3. The van der Waals surface area contributed by atoms with Crippen molar-refractivity contribution in [3.05, 3.63) is 41.8 Å². The number of ether oxygens (including phenoxy) is 2. The third-order valence-corrected chi connectivity index (χ3v) is 4.73. The fraction of sp³-hybridized carbons (Fsp3) is 0.211. The first-order valence-electron chi connectivity index (χ1n) is 8.57. The highest BCUT2D eigenvalue weighted by atomic mass is 32.1. The summed E-state index contributed by atoms with van der Waals surface area (Å²) in [5, 5.41) is 9.08. The quantitative estimate of drug-likeness (QED) is 0.531. The first-order chi connectivity index (χ1) is 13.3. The lowest BCUT2D eigenvalue weighted by Crippen LogP contribution is -2.30. The molecule has 4 rings (SSSR count). The number of hydrogen-bond donors (Lipinski definition) is 2. The first-order valence-corrected chi connectivity index (χ1v) is 9.45. The molecule has 27 heavy (non-hydrogen) atoms. The summed E-state index contributed by atoms with van der Waals surface area (Å²) >= 11 is 1.51. The Labute approximate surface area is 161 Å². The van der Waals surface area contributed by atoms with E-state index >= 15 is 0 Å². The van der Waals surface area contributed by atoms with Crippen LogP contribution in [0.25, 0.3) is 22.6 Å². The zero-order valence-corrected chi connectivity index (χ0v) is 15.8. The Morgan fingerprint density at radius 2 is 1.96 bits per heavy atom. The molecular weight excluding hydrogens is 362 g/mol. The van der Waals surface area contributed by atoms with Crippen LogP contribution in [0, 0.1) is 0 Å². The summed E-state index contributed by atoms with van der Waals surface area (Å²) in [6.45, 7) is 3.07. The minimum Gasteiger partial charge on any atom is -0.454 e. The molecule has 0 fully saturated rings. The molecule has 0 unspecified atom stereocenters. The van der Waals surface area contributed by atoms with Crippen molar-refractivity contribution in [1.82, 2.24) is 15.3 Å². The van der Waals surface area contributed by atoms with Crippen molar-refractivity contribution < 1.29 is 9.47 Å². The highest BCUT2D eigenvalue weighted by Crippen LogP contribution is 2.36. The second kappa shape index (κ2) is 7.63. The number of guanidine groups is 1. The molecule has 2 N–H and O–H groups in total. The SMILES string of the molecule is CCNC(=NC)Nc1nc(-c2cccc(-c3ccc4c(c3)OCO4)n2)cs1. The molecular formula is C19H19N5O2S. The normalized spacial score (nSPS) is 12.9. The summed E-state index contributed by atoms with van der Waals surface area (Å²) in [7, 11) is 1.73. The molecule has 0 saturated heterocycles. The van der Waals surface area contributed by atoms with Crippen molar-refractivity contribution in [2.24, 2.45) is 4.99 Å². The molecule has 0 aliphatic carbocycles. The molecule has 0 radical (unpaired) electrons. The Balaban J connectivity index is 1.58. The van der Waals surface area contributed by atoms with Gasteiger partial charge in [0, 0.05) is 24.5 Å². The number of thiazole rings is 1. The summed E-state index contributed by atoms with van der Waals surface area (Å²) in [6.07, 6.45) is 0. The van der Waals surface area contributed by atoms with Gasteiger partial charge in [-0.05, 0) is 37.3 Å². The molecule has 0 spiro atoms. The topological polar surface area (TPSA) is 80.7 Å². The highest BCUT2D eigenvalue weighted by molar-refractivity contribution is 7.14. The predicted molar refractivity (Wildman–Crippen MR) is 108 cm³/mol. The van der Waals surface area contributed by atoms with Crippen molar-refractivity contribution in [1.29, 1.82) is 0 Å². The molecule has 3 heterocycles. The zero-order valence-electron chi connectivity index (χ0n) is 15.0. The molecule has 7 nitrogen and oxygen atoms in total. The number of aliphatic imine (C=N–C) groups is 1. The monoisotopic (exact) mass is 381 g/mol. The van der Waals surface area contributed by atoms with Crippen LogP contribution in [-0.2, 0) is 0 Å². The summed E-state index contributed by atoms with van der Waals surface area (Å²) in [5.74, 6) is 2.20. The number of aromatic nitrogens is 2. The van der Waals surface area contributed by atoms with Crippen molar-refractivity contribution in [2.75, 3.05) is 25.7 Å². The van der Waals surface area contributed by atoms with Crippen molar-refractivity contribution in [3.63, 3.8) is 0 Å². The number of rotatable bonds is 4. The molecule has 8 heteroatoms. The van der Waals surface area contributed by atoms with Gasteiger partial charge in [-0.15, -0.1) is 11.3 Å². The van der Waals surface area contributed by atoms with E-state index in [1.165, 1.54) is 11.3 Å². The van der Waals surface area contributed by atoms with Crippen LogP contribution >= 0.6 is 11.3 Å². The highest BCUT2D eigenvalue weighted by Gasteiger charge is 2.15.